The zero-order valence-electron chi connectivity index (χ0n) is 21.5. The minimum absolute atomic E-state index is 0.110. The summed E-state index contributed by atoms with van der Waals surface area (Å²) in [5, 5.41) is 30.1. The summed E-state index contributed by atoms with van der Waals surface area (Å²) in [6.45, 7) is 5.50. The lowest BCUT2D eigenvalue weighted by molar-refractivity contribution is -0.134. The van der Waals surface area contributed by atoms with Crippen LogP contribution in [0.5, 0.6) is 0 Å². The van der Waals surface area contributed by atoms with E-state index in [1.807, 2.05) is 0 Å². The maximum absolute atomic E-state index is 12.6. The molecule has 0 aromatic heterocycles. The highest BCUT2D eigenvalue weighted by Crippen LogP contribution is 2.65. The van der Waals surface area contributed by atoms with Crippen LogP contribution in [0, 0.1) is 34.5 Å². The van der Waals surface area contributed by atoms with Crippen LogP contribution in [0.2, 0.25) is 0 Å². The molecule has 0 amide bonds. The van der Waals surface area contributed by atoms with E-state index in [1.54, 1.807) is 0 Å². The van der Waals surface area contributed by atoms with Crippen molar-refractivity contribution in [1.29, 1.82) is 0 Å². The molecule has 1 unspecified atom stereocenters. The van der Waals surface area contributed by atoms with Crippen molar-refractivity contribution in [1.82, 2.24) is 0 Å². The summed E-state index contributed by atoms with van der Waals surface area (Å²) in [5.41, 5.74) is 6.80. The van der Waals surface area contributed by atoms with Crippen molar-refractivity contribution < 1.29 is 29.8 Å². The molecule has 4 fully saturated rings. The van der Waals surface area contributed by atoms with Crippen molar-refractivity contribution in [3.63, 3.8) is 0 Å². The second-order valence-electron chi connectivity index (χ2n) is 11.4. The Morgan fingerprint density at radius 1 is 1.08 bits per heavy atom. The fraction of sp³-hybridized carbons (Fsp3) is 0.778. The summed E-state index contributed by atoms with van der Waals surface area (Å²) in [4.78, 5) is 31.7. The summed E-state index contributed by atoms with van der Waals surface area (Å²) in [6, 6.07) is 0. The van der Waals surface area contributed by atoms with Gasteiger partial charge in [0.25, 0.3) is 0 Å². The second-order valence-corrected chi connectivity index (χ2v) is 12.8. The van der Waals surface area contributed by atoms with E-state index in [0.29, 0.717) is 46.9 Å². The molecular weight excluding hydrogens is 480 g/mol. The van der Waals surface area contributed by atoms with Gasteiger partial charge in [-0.2, -0.15) is 11.8 Å². The summed E-state index contributed by atoms with van der Waals surface area (Å²) >= 11 is 2.11. The Kier molecular flexibility index (Phi) is 9.66. The van der Waals surface area contributed by atoms with Gasteiger partial charge in [-0.1, -0.05) is 19.0 Å². The standard InChI is InChI=1S/C23H38N2O2S.C4H4O4/c1-22-9-7-15(28-12-4-3-11-24)13-19(22)20(25-27)14-16-17-5-6-21(26)23(17,2)10-8-18(16)22;5-3(6)1-2-4(7)8/h15-19,27H,3-14,24H2,1-2H3;1-2H,(H,5,6)(H,7,8)/b25-20+;2-1+/t15-,16+,17+,18+,19?,22-,23+;/m1./s1. The molecule has 0 spiro atoms. The van der Waals surface area contributed by atoms with Gasteiger partial charge in [0.15, 0.2) is 0 Å². The Hall–Kier alpha value is -1.87. The number of nitrogens with zero attached hydrogens (tertiary/aromatic N) is 1. The first kappa shape index (κ1) is 28.7. The number of rotatable bonds is 7. The molecule has 0 saturated heterocycles. The molecule has 0 aromatic carbocycles. The van der Waals surface area contributed by atoms with Crippen molar-refractivity contribution in [3.8, 4) is 0 Å². The average Bonchev–Trinajstić information content (AvgIpc) is 3.15. The quantitative estimate of drug-likeness (QED) is 0.164. The summed E-state index contributed by atoms with van der Waals surface area (Å²) in [6.07, 6.45) is 12.1. The van der Waals surface area contributed by atoms with Gasteiger partial charge in [0.2, 0.25) is 0 Å². The van der Waals surface area contributed by atoms with Crippen LogP contribution in [0.3, 0.4) is 0 Å². The summed E-state index contributed by atoms with van der Waals surface area (Å²) in [5.74, 6) is 1.31. The molecule has 9 heteroatoms. The number of carboxylic acid groups (broad SMARTS) is 2. The van der Waals surface area contributed by atoms with E-state index in [1.165, 1.54) is 31.4 Å². The van der Waals surface area contributed by atoms with Crippen molar-refractivity contribution in [3.05, 3.63) is 12.2 Å². The van der Waals surface area contributed by atoms with Gasteiger partial charge in [0, 0.05) is 35.2 Å². The minimum atomic E-state index is -1.26. The first-order valence-corrected chi connectivity index (χ1v) is 14.3. The molecule has 8 nitrogen and oxygen atoms in total. The number of carboxylic acids is 2. The van der Waals surface area contributed by atoms with Crippen molar-refractivity contribution in [2.24, 2.45) is 45.4 Å². The Balaban J connectivity index is 0.000000392. The van der Waals surface area contributed by atoms with Crippen molar-refractivity contribution in [2.75, 3.05) is 12.3 Å². The largest absolute Gasteiger partial charge is 0.478 e. The predicted octanol–water partition coefficient (Wildman–Crippen LogP) is 4.59. The van der Waals surface area contributed by atoms with Crippen LogP contribution in [0.25, 0.3) is 0 Å². The lowest BCUT2D eigenvalue weighted by atomic mass is 9.45. The number of ketones is 1. The van der Waals surface area contributed by atoms with E-state index in [4.69, 9.17) is 15.9 Å². The monoisotopic (exact) mass is 522 g/mol. The molecular formula is C27H42N2O6S. The number of hydrogen-bond donors (Lipinski definition) is 4. The molecule has 7 atom stereocenters. The molecule has 0 heterocycles. The number of thioether (sulfide) groups is 1. The lowest BCUT2D eigenvalue weighted by Crippen LogP contribution is -2.56. The summed E-state index contributed by atoms with van der Waals surface area (Å²) < 4.78 is 0. The Labute approximate surface area is 218 Å². The highest BCUT2D eigenvalue weighted by Gasteiger charge is 2.61. The first-order chi connectivity index (χ1) is 17.1. The predicted molar refractivity (Wildman–Crippen MR) is 140 cm³/mol. The van der Waals surface area contributed by atoms with Crippen LogP contribution in [-0.2, 0) is 14.4 Å². The zero-order chi connectivity index (χ0) is 26.5. The number of carbonyl (C=O) groups excluding carboxylic acids is 1. The van der Waals surface area contributed by atoms with E-state index >= 15 is 0 Å². The van der Waals surface area contributed by atoms with Crippen molar-refractivity contribution in [2.45, 2.75) is 83.3 Å². The molecule has 4 aliphatic carbocycles. The Morgan fingerprint density at radius 2 is 1.78 bits per heavy atom. The SMILES string of the molecule is C[C@]12CC[C@@H](SCCCCN)CC1/C(=N/O)C[C@@H]1[C@@H]2CC[C@]2(C)C(=O)CC[C@@H]12.O=C(O)/C=C/C(=O)O. The van der Waals surface area contributed by atoms with Gasteiger partial charge in [0.05, 0.1) is 5.71 Å². The lowest BCUT2D eigenvalue weighted by Gasteiger charge is -2.60. The second kappa shape index (κ2) is 12.1. The van der Waals surface area contributed by atoms with Crippen LogP contribution in [0.1, 0.15) is 78.1 Å². The number of carbonyl (C=O) groups is 3. The normalized spacial score (nSPS) is 38.6. The maximum Gasteiger partial charge on any atom is 0.328 e. The van der Waals surface area contributed by atoms with Crippen LogP contribution in [-0.4, -0.2) is 56.4 Å². The first-order valence-electron chi connectivity index (χ1n) is 13.3. The molecule has 0 radical (unpaired) electrons. The Morgan fingerprint density at radius 3 is 2.39 bits per heavy atom. The number of hydrogen-bond acceptors (Lipinski definition) is 7. The fourth-order valence-electron chi connectivity index (χ4n) is 7.70. The molecule has 202 valence electrons. The van der Waals surface area contributed by atoms with E-state index in [0.717, 1.165) is 50.8 Å². The van der Waals surface area contributed by atoms with Crippen LogP contribution < -0.4 is 5.73 Å². The third-order valence-corrected chi connectivity index (χ3v) is 11.0. The van der Waals surface area contributed by atoms with Gasteiger partial charge in [-0.15, -0.1) is 0 Å². The number of fused-ring (bicyclic) bond motifs is 5. The maximum atomic E-state index is 12.6. The molecule has 0 bridgehead atoms. The van der Waals surface area contributed by atoms with Crippen molar-refractivity contribution >= 4 is 35.2 Å². The van der Waals surface area contributed by atoms with E-state index in [9.17, 15) is 19.6 Å². The van der Waals surface area contributed by atoms with Crippen LogP contribution in [0.15, 0.2) is 17.3 Å². The molecule has 0 aliphatic heterocycles. The van der Waals surface area contributed by atoms with Gasteiger partial charge in [-0.05, 0) is 93.3 Å². The highest BCUT2D eigenvalue weighted by molar-refractivity contribution is 7.99. The smallest absolute Gasteiger partial charge is 0.328 e. The van der Waals surface area contributed by atoms with E-state index in [2.05, 4.69) is 30.8 Å². The highest BCUT2D eigenvalue weighted by atomic mass is 32.2. The molecule has 4 rings (SSSR count). The topological polar surface area (TPSA) is 150 Å². The molecule has 4 aliphatic rings. The van der Waals surface area contributed by atoms with Gasteiger partial charge in [0.1, 0.15) is 5.78 Å². The number of aliphatic carboxylic acids is 2. The molecule has 36 heavy (non-hydrogen) atoms. The minimum Gasteiger partial charge on any atom is -0.478 e. The van der Waals surface area contributed by atoms with Gasteiger partial charge in [-0.3, -0.25) is 4.79 Å². The summed E-state index contributed by atoms with van der Waals surface area (Å²) in [7, 11) is 0. The number of nitrogens with two attached hydrogens (primary N) is 1. The van der Waals surface area contributed by atoms with Crippen LogP contribution >= 0.6 is 11.8 Å². The van der Waals surface area contributed by atoms with Gasteiger partial charge >= 0.3 is 11.9 Å². The molecule has 5 N–H and O–H groups in total. The van der Waals surface area contributed by atoms with Crippen LogP contribution in [0.4, 0.5) is 0 Å². The molecule has 4 saturated carbocycles. The van der Waals surface area contributed by atoms with E-state index < -0.39 is 11.9 Å². The zero-order valence-corrected chi connectivity index (χ0v) is 22.3. The number of unbranched alkanes of at least 4 members (excludes halogenated alkanes) is 1. The van der Waals surface area contributed by atoms with E-state index in [-0.39, 0.29) is 10.8 Å². The third-order valence-electron chi connectivity index (χ3n) is 9.59. The Bertz CT molecular complexity index is 875. The third kappa shape index (κ3) is 5.98. The fourth-order valence-corrected chi connectivity index (χ4v) is 9.02. The van der Waals surface area contributed by atoms with Gasteiger partial charge < -0.3 is 21.2 Å². The number of Topliss-reactive ketones (excluding diaryl/α,β-unsaturated/α-hetero) is 1. The van der Waals surface area contributed by atoms with Gasteiger partial charge in [-0.25, -0.2) is 9.59 Å². The number of oxime groups is 1. The average molecular weight is 523 g/mol. The molecule has 0 aromatic rings.